The van der Waals surface area contributed by atoms with Gasteiger partial charge in [0.1, 0.15) is 5.82 Å². The second kappa shape index (κ2) is 7.47. The number of benzene rings is 2. The first-order valence-corrected chi connectivity index (χ1v) is 8.42. The fraction of sp³-hybridized carbons (Fsp3) is 0.300. The van der Waals surface area contributed by atoms with Crippen LogP contribution >= 0.6 is 0 Å². The van der Waals surface area contributed by atoms with E-state index < -0.39 is 5.97 Å². The molecule has 0 aromatic heterocycles. The van der Waals surface area contributed by atoms with E-state index in [4.69, 9.17) is 4.74 Å². The Morgan fingerprint density at radius 3 is 2.48 bits per heavy atom. The molecule has 1 amide bonds. The van der Waals surface area contributed by atoms with Crippen molar-refractivity contribution in [1.29, 1.82) is 0 Å². The molecule has 0 spiro atoms. The van der Waals surface area contributed by atoms with Crippen molar-refractivity contribution in [3.63, 3.8) is 0 Å². The van der Waals surface area contributed by atoms with Gasteiger partial charge in [-0.1, -0.05) is 24.3 Å². The Balaban J connectivity index is 1.83. The summed E-state index contributed by atoms with van der Waals surface area (Å²) in [6.07, 6.45) is 1.93. The highest BCUT2D eigenvalue weighted by molar-refractivity contribution is 6.03. The van der Waals surface area contributed by atoms with Gasteiger partial charge in [-0.3, -0.25) is 4.79 Å². The van der Waals surface area contributed by atoms with Crippen molar-refractivity contribution in [1.82, 2.24) is 0 Å². The van der Waals surface area contributed by atoms with Crippen LogP contribution in [-0.4, -0.2) is 18.5 Å². The minimum absolute atomic E-state index is 0.189. The smallest absolute Gasteiger partial charge is 0.340 e. The minimum atomic E-state index is -0.469. The first kappa shape index (κ1) is 17.1. The van der Waals surface area contributed by atoms with Crippen molar-refractivity contribution in [3.05, 3.63) is 65.5 Å². The van der Waals surface area contributed by atoms with Gasteiger partial charge < -0.3 is 10.1 Å². The molecule has 1 aliphatic rings. The summed E-state index contributed by atoms with van der Waals surface area (Å²) in [5.41, 5.74) is 1.54. The standard InChI is InChI=1S/C20H20FNO3/c1-2-25-20(24)16-5-3-4-6-17(16)22-19(23)18(13-7-8-13)14-9-11-15(21)12-10-14/h3-6,9-13,18H,2,7-8H2,1H3,(H,22,23). The molecular weight excluding hydrogens is 321 g/mol. The zero-order valence-electron chi connectivity index (χ0n) is 14.0. The molecule has 25 heavy (non-hydrogen) atoms. The van der Waals surface area contributed by atoms with E-state index in [1.165, 1.54) is 12.1 Å². The topological polar surface area (TPSA) is 55.4 Å². The zero-order valence-corrected chi connectivity index (χ0v) is 14.0. The SMILES string of the molecule is CCOC(=O)c1ccccc1NC(=O)C(c1ccc(F)cc1)C1CC1. The van der Waals surface area contributed by atoms with Crippen LogP contribution in [0.25, 0.3) is 0 Å². The Labute approximate surface area is 146 Å². The van der Waals surface area contributed by atoms with E-state index >= 15 is 0 Å². The van der Waals surface area contributed by atoms with E-state index in [2.05, 4.69) is 5.32 Å². The molecule has 2 aromatic rings. The van der Waals surface area contributed by atoms with Crippen LogP contribution in [0.1, 0.15) is 41.6 Å². The van der Waals surface area contributed by atoms with Gasteiger partial charge in [-0.15, -0.1) is 0 Å². The van der Waals surface area contributed by atoms with Crippen LogP contribution in [0.4, 0.5) is 10.1 Å². The molecule has 0 aliphatic heterocycles. The summed E-state index contributed by atoms with van der Waals surface area (Å²) in [4.78, 5) is 24.9. The molecule has 1 N–H and O–H groups in total. The molecule has 130 valence electrons. The van der Waals surface area contributed by atoms with Gasteiger partial charge in [0.2, 0.25) is 5.91 Å². The normalized spacial score (nSPS) is 14.6. The third-order valence-corrected chi connectivity index (χ3v) is 4.29. The van der Waals surface area contributed by atoms with Gasteiger partial charge in [0.15, 0.2) is 0 Å². The summed E-state index contributed by atoms with van der Waals surface area (Å²) in [5.74, 6) is -1.09. The van der Waals surface area contributed by atoms with Crippen LogP contribution in [-0.2, 0) is 9.53 Å². The van der Waals surface area contributed by atoms with Crippen molar-refractivity contribution in [2.75, 3.05) is 11.9 Å². The number of hydrogen-bond acceptors (Lipinski definition) is 3. The predicted molar refractivity (Wildman–Crippen MR) is 92.9 cm³/mol. The van der Waals surface area contributed by atoms with Gasteiger partial charge in [-0.25, -0.2) is 9.18 Å². The number of halogens is 1. The molecule has 1 fully saturated rings. The molecule has 1 aliphatic carbocycles. The number of para-hydroxylation sites is 1. The van der Waals surface area contributed by atoms with Gasteiger partial charge in [0.25, 0.3) is 0 Å². The molecule has 1 unspecified atom stereocenters. The number of carbonyl (C=O) groups excluding carboxylic acids is 2. The highest BCUT2D eigenvalue weighted by Crippen LogP contribution is 2.43. The minimum Gasteiger partial charge on any atom is -0.462 e. The predicted octanol–water partition coefficient (Wildman–Crippen LogP) is 4.13. The Bertz CT molecular complexity index is 769. The highest BCUT2D eigenvalue weighted by atomic mass is 19.1. The Morgan fingerprint density at radius 1 is 1.16 bits per heavy atom. The lowest BCUT2D eigenvalue weighted by Crippen LogP contribution is -2.24. The van der Waals surface area contributed by atoms with E-state index in [1.807, 2.05) is 0 Å². The molecule has 3 rings (SSSR count). The lowest BCUT2D eigenvalue weighted by Gasteiger charge is -2.18. The lowest BCUT2D eigenvalue weighted by molar-refractivity contribution is -0.118. The van der Waals surface area contributed by atoms with Crippen LogP contribution in [0.15, 0.2) is 48.5 Å². The number of esters is 1. The van der Waals surface area contributed by atoms with E-state index in [-0.39, 0.29) is 30.2 Å². The number of nitrogens with one attached hydrogen (secondary N) is 1. The number of ether oxygens (including phenoxy) is 1. The Morgan fingerprint density at radius 2 is 1.84 bits per heavy atom. The first-order chi connectivity index (χ1) is 12.1. The van der Waals surface area contributed by atoms with Gasteiger partial charge >= 0.3 is 5.97 Å². The van der Waals surface area contributed by atoms with Gasteiger partial charge in [0.05, 0.1) is 23.8 Å². The van der Waals surface area contributed by atoms with E-state index in [0.29, 0.717) is 11.3 Å². The van der Waals surface area contributed by atoms with Gasteiger partial charge in [0, 0.05) is 0 Å². The average molecular weight is 341 g/mol. The third-order valence-electron chi connectivity index (χ3n) is 4.29. The van der Waals surface area contributed by atoms with Crippen molar-refractivity contribution in [2.45, 2.75) is 25.7 Å². The molecule has 0 bridgehead atoms. The van der Waals surface area contributed by atoms with Gasteiger partial charge in [-0.05, 0) is 55.5 Å². The number of amides is 1. The van der Waals surface area contributed by atoms with Gasteiger partial charge in [-0.2, -0.15) is 0 Å². The van der Waals surface area contributed by atoms with Crippen molar-refractivity contribution in [2.24, 2.45) is 5.92 Å². The average Bonchev–Trinajstić information content (AvgIpc) is 3.42. The Kier molecular flexibility index (Phi) is 5.12. The van der Waals surface area contributed by atoms with Crippen molar-refractivity contribution in [3.8, 4) is 0 Å². The first-order valence-electron chi connectivity index (χ1n) is 8.42. The summed E-state index contributed by atoms with van der Waals surface area (Å²) in [6, 6.07) is 12.8. The molecule has 1 atom stereocenters. The second-order valence-corrected chi connectivity index (χ2v) is 6.12. The fourth-order valence-corrected chi connectivity index (χ4v) is 2.93. The molecule has 5 heteroatoms. The lowest BCUT2D eigenvalue weighted by atomic mass is 9.93. The van der Waals surface area contributed by atoms with Crippen LogP contribution in [0.3, 0.4) is 0 Å². The molecular formula is C20H20FNO3. The van der Waals surface area contributed by atoms with Crippen LogP contribution in [0.5, 0.6) is 0 Å². The molecule has 1 saturated carbocycles. The monoisotopic (exact) mass is 341 g/mol. The number of carbonyl (C=O) groups is 2. The summed E-state index contributed by atoms with van der Waals surface area (Å²) in [7, 11) is 0. The highest BCUT2D eigenvalue weighted by Gasteiger charge is 2.37. The molecule has 4 nitrogen and oxygen atoms in total. The van der Waals surface area contributed by atoms with Crippen LogP contribution in [0, 0.1) is 11.7 Å². The Hall–Kier alpha value is -2.69. The molecule has 0 saturated heterocycles. The van der Waals surface area contributed by atoms with Crippen molar-refractivity contribution < 1.29 is 18.7 Å². The fourth-order valence-electron chi connectivity index (χ4n) is 2.93. The van der Waals surface area contributed by atoms with E-state index in [0.717, 1.165) is 18.4 Å². The third kappa shape index (κ3) is 4.05. The number of rotatable bonds is 6. The molecule has 2 aromatic carbocycles. The molecule has 0 radical (unpaired) electrons. The maximum atomic E-state index is 13.2. The van der Waals surface area contributed by atoms with E-state index in [9.17, 15) is 14.0 Å². The van der Waals surface area contributed by atoms with Crippen LogP contribution in [0.2, 0.25) is 0 Å². The number of anilines is 1. The maximum Gasteiger partial charge on any atom is 0.340 e. The molecule has 0 heterocycles. The summed E-state index contributed by atoms with van der Waals surface area (Å²) in [5, 5.41) is 2.85. The summed E-state index contributed by atoms with van der Waals surface area (Å²) in [6.45, 7) is 2.00. The largest absolute Gasteiger partial charge is 0.462 e. The second-order valence-electron chi connectivity index (χ2n) is 6.12. The summed E-state index contributed by atoms with van der Waals surface area (Å²) >= 11 is 0. The van der Waals surface area contributed by atoms with Crippen LogP contribution < -0.4 is 5.32 Å². The van der Waals surface area contributed by atoms with Crippen molar-refractivity contribution >= 4 is 17.6 Å². The quantitative estimate of drug-likeness (QED) is 0.804. The van der Waals surface area contributed by atoms with E-state index in [1.54, 1.807) is 43.3 Å². The maximum absolute atomic E-state index is 13.2. The number of hydrogen-bond donors (Lipinski definition) is 1. The summed E-state index contributed by atoms with van der Waals surface area (Å²) < 4.78 is 18.2. The zero-order chi connectivity index (χ0) is 17.8.